The molecule has 0 spiro atoms. The second-order valence-corrected chi connectivity index (χ2v) is 11.0. The first-order chi connectivity index (χ1) is 15.5. The minimum Gasteiger partial charge on any atom is -0.444 e. The average Bonchev–Trinajstić information content (AvgIpc) is 2.64. The van der Waals surface area contributed by atoms with E-state index in [0.717, 1.165) is 16.7 Å². The molecule has 0 aliphatic heterocycles. The van der Waals surface area contributed by atoms with Crippen LogP contribution < -0.4 is 10.6 Å². The first-order valence-electron chi connectivity index (χ1n) is 12.2. The highest BCUT2D eigenvalue weighted by molar-refractivity contribution is 5.92. The molecule has 192 valence electrons. The Hall–Kier alpha value is -2.57. The summed E-state index contributed by atoms with van der Waals surface area (Å²) in [6.07, 6.45) is -0.225. The van der Waals surface area contributed by atoms with Gasteiger partial charge in [0.25, 0.3) is 0 Å². The number of carbonyl (C=O) groups excluding carboxylic acids is 3. The van der Waals surface area contributed by atoms with Gasteiger partial charge in [-0.05, 0) is 91.3 Å². The minimum atomic E-state index is -0.829. The first kappa shape index (κ1) is 29.5. The van der Waals surface area contributed by atoms with E-state index in [-0.39, 0.29) is 29.8 Å². The van der Waals surface area contributed by atoms with E-state index >= 15 is 0 Å². The largest absolute Gasteiger partial charge is 0.444 e. The van der Waals surface area contributed by atoms with E-state index in [9.17, 15) is 14.4 Å². The summed E-state index contributed by atoms with van der Waals surface area (Å²) in [4.78, 5) is 41.7. The maximum absolute atomic E-state index is 14.0. The van der Waals surface area contributed by atoms with Gasteiger partial charge in [0.1, 0.15) is 17.7 Å². The minimum absolute atomic E-state index is 0.0874. The van der Waals surface area contributed by atoms with Crippen LogP contribution in [-0.2, 0) is 14.3 Å². The van der Waals surface area contributed by atoms with Crippen molar-refractivity contribution in [3.63, 3.8) is 0 Å². The highest BCUT2D eigenvalue weighted by Gasteiger charge is 2.38. The molecule has 0 saturated carbocycles. The Morgan fingerprint density at radius 3 is 2.03 bits per heavy atom. The molecule has 2 atom stereocenters. The van der Waals surface area contributed by atoms with Crippen LogP contribution in [0.2, 0.25) is 0 Å². The van der Waals surface area contributed by atoms with Crippen LogP contribution in [0.4, 0.5) is 4.79 Å². The summed E-state index contributed by atoms with van der Waals surface area (Å²) in [5.74, 6) is -0.410. The summed E-state index contributed by atoms with van der Waals surface area (Å²) in [6, 6.07) is 3.76. The molecule has 3 amide bonds. The normalized spacial score (nSPS) is 13.6. The van der Waals surface area contributed by atoms with Gasteiger partial charge >= 0.3 is 6.09 Å². The Morgan fingerprint density at radius 2 is 1.56 bits per heavy atom. The molecule has 2 unspecified atom stereocenters. The molecule has 0 heterocycles. The van der Waals surface area contributed by atoms with Crippen molar-refractivity contribution in [2.45, 2.75) is 112 Å². The van der Waals surface area contributed by atoms with E-state index in [1.165, 1.54) is 0 Å². The molecule has 7 nitrogen and oxygen atoms in total. The molecule has 0 fully saturated rings. The van der Waals surface area contributed by atoms with Crippen molar-refractivity contribution in [1.29, 1.82) is 0 Å². The molecule has 0 saturated heterocycles. The molecule has 1 aromatic rings. The Labute approximate surface area is 206 Å². The van der Waals surface area contributed by atoms with E-state index in [4.69, 9.17) is 4.74 Å². The van der Waals surface area contributed by atoms with Crippen LogP contribution in [0.25, 0.3) is 0 Å². The molecular weight excluding hydrogens is 430 g/mol. The molecule has 34 heavy (non-hydrogen) atoms. The molecule has 0 bridgehead atoms. The number of hydrogen-bond acceptors (Lipinski definition) is 4. The fourth-order valence-corrected chi connectivity index (χ4v) is 3.85. The lowest BCUT2D eigenvalue weighted by Crippen LogP contribution is -2.55. The Morgan fingerprint density at radius 1 is 0.971 bits per heavy atom. The van der Waals surface area contributed by atoms with Crippen LogP contribution in [0, 0.1) is 19.8 Å². The van der Waals surface area contributed by atoms with Gasteiger partial charge < -0.3 is 20.3 Å². The lowest BCUT2D eigenvalue weighted by molar-refractivity contribution is -0.145. The number of amides is 3. The number of ether oxygens (including phenoxy) is 1. The van der Waals surface area contributed by atoms with Crippen molar-refractivity contribution in [3.05, 3.63) is 34.9 Å². The van der Waals surface area contributed by atoms with Crippen LogP contribution in [0.15, 0.2) is 18.2 Å². The average molecular weight is 476 g/mol. The van der Waals surface area contributed by atoms with Gasteiger partial charge in [0.2, 0.25) is 11.8 Å². The number of hydrogen-bond donors (Lipinski definition) is 2. The molecule has 0 aromatic heterocycles. The van der Waals surface area contributed by atoms with Gasteiger partial charge in [0, 0.05) is 12.1 Å². The summed E-state index contributed by atoms with van der Waals surface area (Å²) in [5, 5.41) is 5.75. The Balaban J connectivity index is 3.53. The number of carbonyl (C=O) groups is 3. The molecule has 0 aliphatic rings. The van der Waals surface area contributed by atoms with Crippen molar-refractivity contribution in [1.82, 2.24) is 15.5 Å². The fraction of sp³-hybridized carbons (Fsp3) is 0.667. The van der Waals surface area contributed by atoms with Crippen LogP contribution in [-0.4, -0.2) is 46.5 Å². The maximum Gasteiger partial charge on any atom is 0.408 e. The second kappa shape index (κ2) is 12.2. The van der Waals surface area contributed by atoms with Gasteiger partial charge in [0.15, 0.2) is 0 Å². The van der Waals surface area contributed by atoms with E-state index in [2.05, 4.69) is 10.6 Å². The quantitative estimate of drug-likeness (QED) is 0.523. The van der Waals surface area contributed by atoms with Gasteiger partial charge in [-0.3, -0.25) is 9.59 Å². The third-order valence-electron chi connectivity index (χ3n) is 5.41. The highest BCUT2D eigenvalue weighted by atomic mass is 16.6. The van der Waals surface area contributed by atoms with Gasteiger partial charge in [-0.25, -0.2) is 4.79 Å². The zero-order valence-electron chi connectivity index (χ0n) is 22.9. The van der Waals surface area contributed by atoms with Gasteiger partial charge in [0.05, 0.1) is 0 Å². The number of rotatable bonds is 9. The second-order valence-electron chi connectivity index (χ2n) is 11.0. The van der Waals surface area contributed by atoms with E-state index in [0.29, 0.717) is 6.42 Å². The number of nitrogens with zero attached hydrogens (tertiary/aromatic N) is 1. The summed E-state index contributed by atoms with van der Waals surface area (Å²) in [6.45, 7) is 20.8. The number of alkyl carbamates (subject to hydrolysis) is 1. The fourth-order valence-electron chi connectivity index (χ4n) is 3.85. The third-order valence-corrected chi connectivity index (χ3v) is 5.41. The van der Waals surface area contributed by atoms with Crippen molar-refractivity contribution in [2.75, 3.05) is 0 Å². The molecule has 2 N–H and O–H groups in total. The molecule has 1 rings (SSSR count). The van der Waals surface area contributed by atoms with Crippen LogP contribution >= 0.6 is 0 Å². The first-order valence-corrected chi connectivity index (χ1v) is 12.2. The van der Waals surface area contributed by atoms with Crippen molar-refractivity contribution in [3.8, 4) is 0 Å². The van der Waals surface area contributed by atoms with E-state index < -0.39 is 23.8 Å². The SMILES string of the molecule is Cc1cccc(C(C(=O)NC(C)C)N(C(=O)C(CC(C)C)NC(=O)OC(C)(C)C)C(C)C)c1C. The van der Waals surface area contributed by atoms with E-state index in [1.54, 1.807) is 25.7 Å². The summed E-state index contributed by atoms with van der Waals surface area (Å²) in [5.41, 5.74) is 2.10. The van der Waals surface area contributed by atoms with Crippen LogP contribution in [0.3, 0.4) is 0 Å². The predicted molar refractivity (Wildman–Crippen MR) is 137 cm³/mol. The number of benzene rings is 1. The van der Waals surface area contributed by atoms with Gasteiger partial charge in [-0.15, -0.1) is 0 Å². The molecule has 1 aromatic carbocycles. The highest BCUT2D eigenvalue weighted by Crippen LogP contribution is 2.29. The number of aryl methyl sites for hydroxylation is 1. The van der Waals surface area contributed by atoms with Crippen molar-refractivity contribution < 1.29 is 19.1 Å². The van der Waals surface area contributed by atoms with Crippen molar-refractivity contribution >= 4 is 17.9 Å². The molecule has 0 aliphatic carbocycles. The summed E-state index contributed by atoms with van der Waals surface area (Å²) >= 11 is 0. The van der Waals surface area contributed by atoms with Gasteiger partial charge in [-0.2, -0.15) is 0 Å². The zero-order chi connectivity index (χ0) is 26.4. The lowest BCUT2D eigenvalue weighted by atomic mass is 9.93. The van der Waals surface area contributed by atoms with E-state index in [1.807, 2.05) is 73.6 Å². The predicted octanol–water partition coefficient (Wildman–Crippen LogP) is 5.05. The lowest BCUT2D eigenvalue weighted by Gasteiger charge is -2.38. The summed E-state index contributed by atoms with van der Waals surface area (Å²) in [7, 11) is 0. The molecule has 7 heteroatoms. The topological polar surface area (TPSA) is 87.7 Å². The van der Waals surface area contributed by atoms with Gasteiger partial charge in [-0.1, -0.05) is 32.0 Å². The molecular formula is C27H45N3O4. The maximum atomic E-state index is 14.0. The Bertz CT molecular complexity index is 856. The smallest absolute Gasteiger partial charge is 0.408 e. The number of nitrogens with one attached hydrogen (secondary N) is 2. The third kappa shape index (κ3) is 8.65. The van der Waals surface area contributed by atoms with Crippen LogP contribution in [0.5, 0.6) is 0 Å². The Kier molecular flexibility index (Phi) is 10.6. The van der Waals surface area contributed by atoms with Crippen molar-refractivity contribution in [2.24, 2.45) is 5.92 Å². The molecule has 0 radical (unpaired) electrons. The monoisotopic (exact) mass is 475 g/mol. The summed E-state index contributed by atoms with van der Waals surface area (Å²) < 4.78 is 5.42. The zero-order valence-corrected chi connectivity index (χ0v) is 22.9. The van der Waals surface area contributed by atoms with Crippen LogP contribution in [0.1, 0.15) is 91.5 Å². The standard InChI is InChI=1S/C27H45N3O4/c1-16(2)15-22(29-26(33)34-27(9,10)11)25(32)30(18(5)6)23(24(31)28-17(3)4)21-14-12-13-19(7)20(21)8/h12-14,16-18,22-23H,15H2,1-11H3,(H,28,31)(H,29,33).